The fourth-order valence-corrected chi connectivity index (χ4v) is 7.98. The smallest absolute Gasteiger partial charge is 0.238 e. The lowest BCUT2D eigenvalue weighted by atomic mass is 9.91. The number of oxazole rings is 1. The third-order valence-corrected chi connectivity index (χ3v) is 10.2. The van der Waals surface area contributed by atoms with E-state index in [-0.39, 0.29) is 12.6 Å². The van der Waals surface area contributed by atoms with Crippen molar-refractivity contribution in [1.82, 2.24) is 9.88 Å². The molecule has 12 heteroatoms. The van der Waals surface area contributed by atoms with Gasteiger partial charge >= 0.3 is 0 Å². The summed E-state index contributed by atoms with van der Waals surface area (Å²) in [5.74, 6) is 0.540. The number of aromatic nitrogens is 1. The Morgan fingerprint density at radius 3 is 2.64 bits per heavy atom. The summed E-state index contributed by atoms with van der Waals surface area (Å²) in [5, 5.41) is 24.7. The molecule has 2 aromatic heterocycles. The summed E-state index contributed by atoms with van der Waals surface area (Å²) in [6.07, 6.45) is 3.84. The first-order valence-corrected chi connectivity index (χ1v) is 15.3. The van der Waals surface area contributed by atoms with Crippen molar-refractivity contribution < 1.29 is 33.6 Å². The summed E-state index contributed by atoms with van der Waals surface area (Å²) < 4.78 is 23.7. The predicted molar refractivity (Wildman–Crippen MR) is 156 cm³/mol. The normalized spacial score (nSPS) is 23.6. The van der Waals surface area contributed by atoms with Gasteiger partial charge in [-0.25, -0.2) is 9.88 Å². The summed E-state index contributed by atoms with van der Waals surface area (Å²) in [5.41, 5.74) is 7.03. The van der Waals surface area contributed by atoms with E-state index in [4.69, 9.17) is 24.4 Å². The third-order valence-electron chi connectivity index (χ3n) is 8.87. The van der Waals surface area contributed by atoms with Crippen LogP contribution in [0.3, 0.4) is 0 Å². The summed E-state index contributed by atoms with van der Waals surface area (Å²) >= 11 is 1.38. The summed E-state index contributed by atoms with van der Waals surface area (Å²) in [6, 6.07) is 7.69. The number of ether oxygens (including phenoxy) is 3. The van der Waals surface area contributed by atoms with Gasteiger partial charge in [0.25, 0.3) is 0 Å². The second-order valence-electron chi connectivity index (χ2n) is 11.2. The molecule has 226 valence electrons. The van der Waals surface area contributed by atoms with Crippen molar-refractivity contribution in [3.8, 4) is 16.5 Å². The van der Waals surface area contributed by atoms with Gasteiger partial charge in [-0.15, -0.1) is 11.3 Å². The maximum atomic E-state index is 13.1. The molecule has 0 unspecified atom stereocenters. The first-order valence-electron chi connectivity index (χ1n) is 14.5. The van der Waals surface area contributed by atoms with E-state index in [2.05, 4.69) is 4.98 Å². The Balaban J connectivity index is 1.47. The van der Waals surface area contributed by atoms with Crippen LogP contribution in [0.25, 0.3) is 10.8 Å². The van der Waals surface area contributed by atoms with Gasteiger partial charge in [-0.3, -0.25) is 4.79 Å². The molecule has 2 fully saturated rings. The van der Waals surface area contributed by atoms with E-state index in [1.54, 1.807) is 13.3 Å². The molecule has 1 saturated heterocycles. The van der Waals surface area contributed by atoms with Crippen molar-refractivity contribution in [2.75, 3.05) is 31.8 Å². The molecule has 4 N–H and O–H groups in total. The van der Waals surface area contributed by atoms with Crippen molar-refractivity contribution >= 4 is 22.2 Å². The highest BCUT2D eigenvalue weighted by Gasteiger charge is 2.55. The molecule has 0 bridgehead atoms. The minimum Gasteiger partial charge on any atom is -0.496 e. The number of benzene rings is 1. The maximum Gasteiger partial charge on any atom is 0.238 e. The molecule has 11 nitrogen and oxygen atoms in total. The predicted octanol–water partition coefficient (Wildman–Crippen LogP) is 3.84. The van der Waals surface area contributed by atoms with E-state index in [1.807, 2.05) is 36.1 Å². The summed E-state index contributed by atoms with van der Waals surface area (Å²) in [6.45, 7) is 3.35. The van der Waals surface area contributed by atoms with Crippen molar-refractivity contribution in [2.24, 2.45) is 5.73 Å². The van der Waals surface area contributed by atoms with Crippen molar-refractivity contribution in [3.63, 3.8) is 0 Å². The first-order chi connectivity index (χ1) is 20.4. The first kappa shape index (κ1) is 29.1. The second kappa shape index (κ2) is 11.9. The van der Waals surface area contributed by atoms with Crippen LogP contribution in [0.5, 0.6) is 5.75 Å². The zero-order chi connectivity index (χ0) is 29.4. The molecule has 1 amide bonds. The molecule has 3 aliphatic rings. The number of fused-ring (bicyclic) bond motifs is 1. The van der Waals surface area contributed by atoms with Gasteiger partial charge in [-0.1, -0.05) is 31.0 Å². The number of anilines is 1. The van der Waals surface area contributed by atoms with E-state index in [9.17, 15) is 15.0 Å². The second-order valence-corrected chi connectivity index (χ2v) is 12.2. The van der Waals surface area contributed by atoms with Crippen LogP contribution in [0, 0.1) is 6.92 Å². The van der Waals surface area contributed by atoms with Crippen molar-refractivity contribution in [3.05, 3.63) is 53.4 Å². The number of aliphatic hydroxyl groups is 2. The van der Waals surface area contributed by atoms with Crippen LogP contribution in [-0.4, -0.2) is 70.9 Å². The Kier molecular flexibility index (Phi) is 8.27. The number of amides is 1. The highest BCUT2D eigenvalue weighted by Crippen LogP contribution is 2.53. The van der Waals surface area contributed by atoms with E-state index < -0.39 is 30.1 Å². The highest BCUT2D eigenvalue weighted by atomic mass is 32.1. The van der Waals surface area contributed by atoms with Crippen LogP contribution in [0.4, 0.5) is 5.00 Å². The molecule has 42 heavy (non-hydrogen) atoms. The Labute approximate surface area is 248 Å². The fourth-order valence-electron chi connectivity index (χ4n) is 6.68. The van der Waals surface area contributed by atoms with E-state index in [0.717, 1.165) is 41.7 Å². The number of primary amides is 1. The number of methoxy groups -OCH3 is 1. The summed E-state index contributed by atoms with van der Waals surface area (Å²) in [7, 11) is 1.62. The van der Waals surface area contributed by atoms with Gasteiger partial charge in [0.15, 0.2) is 6.35 Å². The topological polar surface area (TPSA) is 144 Å². The minimum absolute atomic E-state index is 0.0449. The highest BCUT2D eigenvalue weighted by molar-refractivity contribution is 7.19. The molecule has 0 spiro atoms. The van der Waals surface area contributed by atoms with E-state index >= 15 is 0 Å². The molecular formula is C30H38N4O7S. The van der Waals surface area contributed by atoms with E-state index in [0.29, 0.717) is 48.3 Å². The van der Waals surface area contributed by atoms with E-state index in [1.165, 1.54) is 22.5 Å². The molecule has 6 rings (SSSR count). The molecule has 1 aliphatic carbocycles. The lowest BCUT2D eigenvalue weighted by Gasteiger charge is -2.51. The van der Waals surface area contributed by atoms with Gasteiger partial charge in [0.1, 0.15) is 34.9 Å². The third kappa shape index (κ3) is 4.99. The number of thiophene rings is 1. The quantitative estimate of drug-likeness (QED) is 0.332. The van der Waals surface area contributed by atoms with Crippen LogP contribution in [0.1, 0.15) is 67.5 Å². The minimum atomic E-state index is -1.36. The van der Waals surface area contributed by atoms with Crippen LogP contribution in [-0.2, 0) is 14.3 Å². The van der Waals surface area contributed by atoms with Gasteiger partial charge in [0.05, 0.1) is 30.8 Å². The molecule has 1 aromatic carbocycles. The van der Waals surface area contributed by atoms with Gasteiger partial charge in [-0.05, 0) is 44.2 Å². The van der Waals surface area contributed by atoms with Gasteiger partial charge < -0.3 is 39.5 Å². The fraction of sp³-hybridized carbons (Fsp3) is 0.533. The Morgan fingerprint density at radius 1 is 1.24 bits per heavy atom. The number of carbonyl (C=O) groups excluding carboxylic acids is 1. The summed E-state index contributed by atoms with van der Waals surface area (Å²) in [4.78, 5) is 21.5. The Hall–Kier alpha value is -3.00. The molecule has 3 aromatic rings. The zero-order valence-electron chi connectivity index (χ0n) is 23.9. The van der Waals surface area contributed by atoms with Gasteiger partial charge in [0.2, 0.25) is 11.8 Å². The van der Waals surface area contributed by atoms with Crippen molar-refractivity contribution in [2.45, 2.75) is 75.8 Å². The van der Waals surface area contributed by atoms with Crippen LogP contribution < -0.4 is 15.4 Å². The molecule has 0 radical (unpaired) electrons. The maximum absolute atomic E-state index is 13.1. The van der Waals surface area contributed by atoms with Crippen LogP contribution in [0.2, 0.25) is 0 Å². The largest absolute Gasteiger partial charge is 0.496 e. The van der Waals surface area contributed by atoms with Gasteiger partial charge in [-0.2, -0.15) is 0 Å². The average molecular weight is 599 g/mol. The Morgan fingerprint density at radius 2 is 1.98 bits per heavy atom. The number of aliphatic hydroxyl groups excluding tert-OH is 2. The number of nitrogens with two attached hydrogens (primary N) is 1. The van der Waals surface area contributed by atoms with Crippen LogP contribution >= 0.6 is 11.3 Å². The SMILES string of the molecule is COc1ccccc1[C@H](CN1c2sc(-c3ncco3)c(C)c2[C@@H](O)N(C2(C(N)=O)CCCC2)[C@H]1O)OC1CCOCC1. The lowest BCUT2D eigenvalue weighted by Crippen LogP contribution is -2.66. The van der Waals surface area contributed by atoms with Gasteiger partial charge in [0, 0.05) is 24.3 Å². The zero-order valence-corrected chi connectivity index (χ0v) is 24.7. The number of hydrogen-bond donors (Lipinski definition) is 3. The Bertz CT molecular complexity index is 1380. The number of para-hydroxylation sites is 1. The molecule has 2 aliphatic heterocycles. The standard InChI is InChI=1S/C30H38N4O7S/c1-18-23-26(35)34(30(28(31)36)11-5-6-12-30)29(37)33(27(23)42-24(18)25-32-13-16-40-25)17-22(41-19-9-14-39-15-10-19)20-7-3-4-8-21(20)38-2/h3-4,7-8,13,16,19,22,26,29,35,37H,5-6,9-12,14-15,17H2,1-2H3,(H2,31,36)/t22-,26+,29-/m0/s1. The number of carbonyl (C=O) groups is 1. The molecule has 4 heterocycles. The number of rotatable bonds is 9. The average Bonchev–Trinajstić information content (AvgIpc) is 3.77. The van der Waals surface area contributed by atoms with Crippen LogP contribution in [0.15, 0.2) is 41.1 Å². The molecule has 3 atom stereocenters. The van der Waals surface area contributed by atoms with Crippen molar-refractivity contribution in [1.29, 1.82) is 0 Å². The lowest BCUT2D eigenvalue weighted by molar-refractivity contribution is -0.180. The molecule has 1 saturated carbocycles. The molecular weight excluding hydrogens is 560 g/mol. The number of hydrogen-bond acceptors (Lipinski definition) is 11. The monoisotopic (exact) mass is 598 g/mol. The number of nitrogens with zero attached hydrogens (tertiary/aromatic N) is 3.